The summed E-state index contributed by atoms with van der Waals surface area (Å²) in [6.45, 7) is 4.35. The number of nitrogens with zero attached hydrogens (tertiary/aromatic N) is 1. The highest BCUT2D eigenvalue weighted by Crippen LogP contribution is 2.40. The van der Waals surface area contributed by atoms with Crippen molar-refractivity contribution in [2.75, 3.05) is 26.2 Å². The molecule has 3 heteroatoms. The van der Waals surface area contributed by atoms with Crippen molar-refractivity contribution >= 4 is 11.6 Å². The fourth-order valence-corrected chi connectivity index (χ4v) is 3.94. The van der Waals surface area contributed by atoms with Crippen molar-refractivity contribution in [3.8, 4) is 0 Å². The van der Waals surface area contributed by atoms with Gasteiger partial charge in [-0.15, -0.1) is 0 Å². The lowest BCUT2D eigenvalue weighted by molar-refractivity contribution is 0.143. The minimum atomic E-state index is 0.425. The molecule has 0 aromatic heterocycles. The third kappa shape index (κ3) is 2.38. The summed E-state index contributed by atoms with van der Waals surface area (Å²) in [4.78, 5) is 2.62. The molecule has 0 saturated carbocycles. The van der Waals surface area contributed by atoms with Gasteiger partial charge in [0.2, 0.25) is 0 Å². The highest BCUT2D eigenvalue weighted by Gasteiger charge is 2.34. The molecule has 1 N–H and O–H groups in total. The molecule has 2 aliphatic heterocycles. The standard InChI is InChI=1S/C18H19ClN2/c19-14-5-3-4-13(10-14)17-12-21-9-8-20-11-18(21)16-7-2-1-6-15(16)17/h1-7,10,17-18,20H,8-9,11-12H2/t17-,18-/m0/s1. The van der Waals surface area contributed by atoms with E-state index < -0.39 is 0 Å². The van der Waals surface area contributed by atoms with Crippen LogP contribution in [0.5, 0.6) is 0 Å². The molecule has 0 aliphatic carbocycles. The van der Waals surface area contributed by atoms with E-state index in [-0.39, 0.29) is 0 Å². The first-order valence-electron chi connectivity index (χ1n) is 7.62. The molecule has 1 saturated heterocycles. The maximum atomic E-state index is 6.20. The van der Waals surface area contributed by atoms with Crippen LogP contribution >= 0.6 is 11.6 Å². The number of hydrogen-bond donors (Lipinski definition) is 1. The maximum absolute atomic E-state index is 6.20. The van der Waals surface area contributed by atoms with Crippen LogP contribution in [0.2, 0.25) is 5.02 Å². The molecule has 21 heavy (non-hydrogen) atoms. The molecule has 2 atom stereocenters. The van der Waals surface area contributed by atoms with E-state index in [4.69, 9.17) is 11.6 Å². The van der Waals surface area contributed by atoms with Gasteiger partial charge in [-0.3, -0.25) is 4.90 Å². The molecule has 2 heterocycles. The van der Waals surface area contributed by atoms with Gasteiger partial charge < -0.3 is 5.32 Å². The van der Waals surface area contributed by atoms with Crippen molar-refractivity contribution in [2.45, 2.75) is 12.0 Å². The third-order valence-electron chi connectivity index (χ3n) is 4.75. The summed E-state index contributed by atoms with van der Waals surface area (Å²) in [6.07, 6.45) is 0. The molecule has 1 fully saturated rings. The Hall–Kier alpha value is -1.35. The van der Waals surface area contributed by atoms with Gasteiger partial charge in [-0.05, 0) is 28.8 Å². The summed E-state index contributed by atoms with van der Waals surface area (Å²) in [5, 5.41) is 4.35. The molecule has 2 aromatic carbocycles. The number of fused-ring (bicyclic) bond motifs is 3. The molecule has 108 valence electrons. The zero-order valence-corrected chi connectivity index (χ0v) is 12.7. The largest absolute Gasteiger partial charge is 0.314 e. The number of rotatable bonds is 1. The molecule has 2 aromatic rings. The molecule has 0 bridgehead atoms. The SMILES string of the molecule is Clc1cccc([C@@H]2CN3CCNC[C@H]3c3ccccc32)c1. The first kappa shape index (κ1) is 13.3. The summed E-state index contributed by atoms with van der Waals surface area (Å²) >= 11 is 6.20. The monoisotopic (exact) mass is 298 g/mol. The number of nitrogens with one attached hydrogen (secondary N) is 1. The Labute approximate surface area is 130 Å². The van der Waals surface area contributed by atoms with E-state index in [1.54, 1.807) is 0 Å². The van der Waals surface area contributed by atoms with Gasteiger partial charge in [0.05, 0.1) is 0 Å². The zero-order valence-electron chi connectivity index (χ0n) is 11.9. The van der Waals surface area contributed by atoms with Crippen molar-refractivity contribution in [3.05, 3.63) is 70.2 Å². The summed E-state index contributed by atoms with van der Waals surface area (Å²) < 4.78 is 0. The van der Waals surface area contributed by atoms with Crippen LogP contribution in [0.25, 0.3) is 0 Å². The van der Waals surface area contributed by atoms with Crippen LogP contribution in [0.4, 0.5) is 0 Å². The molecule has 4 rings (SSSR count). The predicted molar refractivity (Wildman–Crippen MR) is 86.9 cm³/mol. The van der Waals surface area contributed by atoms with Gasteiger partial charge in [0.25, 0.3) is 0 Å². The lowest BCUT2D eigenvalue weighted by Gasteiger charge is -2.44. The number of benzene rings is 2. The van der Waals surface area contributed by atoms with Crippen molar-refractivity contribution in [2.24, 2.45) is 0 Å². The van der Waals surface area contributed by atoms with Gasteiger partial charge in [-0.25, -0.2) is 0 Å². The maximum Gasteiger partial charge on any atom is 0.0476 e. The van der Waals surface area contributed by atoms with Crippen molar-refractivity contribution in [1.82, 2.24) is 10.2 Å². The molecule has 0 unspecified atom stereocenters. The normalized spacial score (nSPS) is 25.2. The Morgan fingerprint density at radius 3 is 2.76 bits per heavy atom. The fourth-order valence-electron chi connectivity index (χ4n) is 3.74. The van der Waals surface area contributed by atoms with Gasteiger partial charge in [0.15, 0.2) is 0 Å². The van der Waals surface area contributed by atoms with Gasteiger partial charge in [-0.1, -0.05) is 48.0 Å². The van der Waals surface area contributed by atoms with Crippen molar-refractivity contribution in [1.29, 1.82) is 0 Å². The summed E-state index contributed by atoms with van der Waals surface area (Å²) in [6, 6.07) is 17.7. The van der Waals surface area contributed by atoms with E-state index in [1.807, 2.05) is 6.07 Å². The molecular weight excluding hydrogens is 280 g/mol. The van der Waals surface area contributed by atoms with Crippen LogP contribution < -0.4 is 5.32 Å². The van der Waals surface area contributed by atoms with E-state index in [2.05, 4.69) is 52.7 Å². The lowest BCUT2D eigenvalue weighted by Crippen LogP contribution is -2.50. The number of hydrogen-bond acceptors (Lipinski definition) is 2. The van der Waals surface area contributed by atoms with Crippen molar-refractivity contribution < 1.29 is 0 Å². The molecule has 0 amide bonds. The zero-order chi connectivity index (χ0) is 14.2. The predicted octanol–water partition coefficient (Wildman–Crippen LogP) is 3.43. The molecule has 0 spiro atoms. The third-order valence-corrected chi connectivity index (χ3v) is 4.99. The van der Waals surface area contributed by atoms with Crippen LogP contribution in [0.1, 0.15) is 28.7 Å². The highest BCUT2D eigenvalue weighted by molar-refractivity contribution is 6.30. The number of halogens is 1. The van der Waals surface area contributed by atoms with E-state index in [9.17, 15) is 0 Å². The Kier molecular flexibility index (Phi) is 3.46. The Bertz CT molecular complexity index is 655. The minimum Gasteiger partial charge on any atom is -0.314 e. The van der Waals surface area contributed by atoms with Crippen LogP contribution in [0, 0.1) is 0 Å². The second-order valence-corrected chi connectivity index (χ2v) is 6.39. The van der Waals surface area contributed by atoms with Crippen LogP contribution in [0.3, 0.4) is 0 Å². The van der Waals surface area contributed by atoms with Crippen LogP contribution in [-0.2, 0) is 0 Å². The average molecular weight is 299 g/mol. The topological polar surface area (TPSA) is 15.3 Å². The van der Waals surface area contributed by atoms with E-state index in [0.29, 0.717) is 12.0 Å². The molecule has 2 aliphatic rings. The Morgan fingerprint density at radius 2 is 1.90 bits per heavy atom. The van der Waals surface area contributed by atoms with Gasteiger partial charge >= 0.3 is 0 Å². The van der Waals surface area contributed by atoms with Crippen LogP contribution in [0.15, 0.2) is 48.5 Å². The van der Waals surface area contributed by atoms with Gasteiger partial charge in [0.1, 0.15) is 0 Å². The van der Waals surface area contributed by atoms with Crippen LogP contribution in [-0.4, -0.2) is 31.1 Å². The Morgan fingerprint density at radius 1 is 1.05 bits per heavy atom. The fraction of sp³-hybridized carbons (Fsp3) is 0.333. The Balaban J connectivity index is 1.81. The quantitative estimate of drug-likeness (QED) is 0.868. The van der Waals surface area contributed by atoms with Gasteiger partial charge in [-0.2, -0.15) is 0 Å². The summed E-state index contributed by atoms with van der Waals surface area (Å²) in [7, 11) is 0. The first-order valence-corrected chi connectivity index (χ1v) is 8.00. The second kappa shape index (κ2) is 5.45. The smallest absolute Gasteiger partial charge is 0.0476 e. The molecular formula is C18H19ClN2. The van der Waals surface area contributed by atoms with E-state index in [1.165, 1.54) is 16.7 Å². The summed E-state index contributed by atoms with van der Waals surface area (Å²) in [5.41, 5.74) is 4.26. The average Bonchev–Trinajstić information content (AvgIpc) is 2.54. The second-order valence-electron chi connectivity index (χ2n) is 5.95. The minimum absolute atomic E-state index is 0.425. The summed E-state index contributed by atoms with van der Waals surface area (Å²) in [5.74, 6) is 0.425. The number of piperazine rings is 1. The van der Waals surface area contributed by atoms with E-state index >= 15 is 0 Å². The van der Waals surface area contributed by atoms with E-state index in [0.717, 1.165) is 31.2 Å². The van der Waals surface area contributed by atoms with Gasteiger partial charge in [0, 0.05) is 43.2 Å². The molecule has 2 nitrogen and oxygen atoms in total. The lowest BCUT2D eigenvalue weighted by atomic mass is 9.81. The highest BCUT2D eigenvalue weighted by atomic mass is 35.5. The molecule has 0 radical (unpaired) electrons. The first-order chi connectivity index (χ1) is 10.3. The van der Waals surface area contributed by atoms with Crippen molar-refractivity contribution in [3.63, 3.8) is 0 Å².